The molecule has 1 unspecified atom stereocenters. The minimum absolute atomic E-state index is 0.0720. The predicted molar refractivity (Wildman–Crippen MR) is 68.6 cm³/mol. The topological polar surface area (TPSA) is 69.6 Å². The van der Waals surface area contributed by atoms with E-state index in [0.717, 1.165) is 14.6 Å². The Morgan fingerprint density at radius 2 is 2.12 bits per heavy atom. The molecule has 16 heavy (non-hydrogen) atoms. The summed E-state index contributed by atoms with van der Waals surface area (Å²) < 4.78 is 1.67. The zero-order valence-electron chi connectivity index (χ0n) is 8.50. The lowest BCUT2D eigenvalue weighted by molar-refractivity contribution is -0.155. The average Bonchev–Trinajstić information content (AvgIpc) is 2.19. The highest BCUT2D eigenvalue weighted by Crippen LogP contribution is 2.26. The molecule has 0 aromatic heterocycles. The summed E-state index contributed by atoms with van der Waals surface area (Å²) in [5, 5.41) is 21.1. The highest BCUT2D eigenvalue weighted by molar-refractivity contribution is 9.11. The molecule has 1 aromatic carbocycles. The Kier molecular flexibility index (Phi) is 4.35. The summed E-state index contributed by atoms with van der Waals surface area (Å²) in [6.45, 7) is 1.17. The summed E-state index contributed by atoms with van der Waals surface area (Å²) in [5.41, 5.74) is -1.07. The SMILES string of the molecule is CC(O)(CNc1cc(Br)ccc1Br)C(=O)O. The summed E-state index contributed by atoms with van der Waals surface area (Å²) in [6, 6.07) is 5.47. The van der Waals surface area contributed by atoms with Crippen LogP contribution in [-0.2, 0) is 4.79 Å². The zero-order chi connectivity index (χ0) is 12.3. The Balaban J connectivity index is 2.75. The maximum Gasteiger partial charge on any atom is 0.337 e. The first kappa shape index (κ1) is 13.5. The van der Waals surface area contributed by atoms with Gasteiger partial charge in [0.15, 0.2) is 5.60 Å². The third-order valence-corrected chi connectivity index (χ3v) is 3.20. The minimum Gasteiger partial charge on any atom is -0.479 e. The number of rotatable bonds is 4. The summed E-state index contributed by atoms with van der Waals surface area (Å²) >= 11 is 6.63. The van der Waals surface area contributed by atoms with Crippen LogP contribution in [0.5, 0.6) is 0 Å². The molecule has 1 aromatic rings. The first-order valence-corrected chi connectivity index (χ1v) is 6.06. The molecule has 0 aliphatic heterocycles. The fourth-order valence-corrected chi connectivity index (χ4v) is 1.72. The molecule has 1 atom stereocenters. The molecule has 0 fully saturated rings. The second kappa shape index (κ2) is 5.16. The van der Waals surface area contributed by atoms with E-state index in [2.05, 4.69) is 37.2 Å². The van der Waals surface area contributed by atoms with E-state index in [0.29, 0.717) is 0 Å². The van der Waals surface area contributed by atoms with Gasteiger partial charge in [-0.3, -0.25) is 0 Å². The molecule has 6 heteroatoms. The number of nitrogens with one attached hydrogen (secondary N) is 1. The van der Waals surface area contributed by atoms with Crippen LogP contribution in [-0.4, -0.2) is 28.3 Å². The zero-order valence-corrected chi connectivity index (χ0v) is 11.7. The number of carboxylic acids is 1. The molecule has 0 aliphatic rings. The number of aliphatic carboxylic acids is 1. The number of anilines is 1. The Morgan fingerprint density at radius 3 is 2.69 bits per heavy atom. The van der Waals surface area contributed by atoms with E-state index in [-0.39, 0.29) is 6.54 Å². The summed E-state index contributed by atoms with van der Waals surface area (Å²) in [6.07, 6.45) is 0. The lowest BCUT2D eigenvalue weighted by atomic mass is 10.1. The first-order valence-electron chi connectivity index (χ1n) is 4.47. The van der Waals surface area contributed by atoms with Crippen LogP contribution in [0.4, 0.5) is 5.69 Å². The number of hydrogen-bond acceptors (Lipinski definition) is 3. The van der Waals surface area contributed by atoms with E-state index in [9.17, 15) is 9.90 Å². The van der Waals surface area contributed by atoms with Gasteiger partial charge in [-0.25, -0.2) is 4.79 Å². The Labute approximate surface area is 110 Å². The molecular formula is C10H11Br2NO3. The summed E-state index contributed by atoms with van der Waals surface area (Å²) in [4.78, 5) is 10.7. The molecule has 88 valence electrons. The number of halogens is 2. The lowest BCUT2D eigenvalue weighted by Gasteiger charge is -2.19. The van der Waals surface area contributed by atoms with Gasteiger partial charge in [0, 0.05) is 14.6 Å². The van der Waals surface area contributed by atoms with Crippen molar-refractivity contribution in [2.75, 3.05) is 11.9 Å². The second-order valence-corrected chi connectivity index (χ2v) is 5.33. The molecule has 0 radical (unpaired) electrons. The van der Waals surface area contributed by atoms with Gasteiger partial charge < -0.3 is 15.5 Å². The molecule has 0 spiro atoms. The number of carboxylic acid groups (broad SMARTS) is 1. The Bertz CT molecular complexity index is 407. The molecule has 0 aliphatic carbocycles. The van der Waals surface area contributed by atoms with Crippen LogP contribution in [0.3, 0.4) is 0 Å². The van der Waals surface area contributed by atoms with E-state index in [1.54, 1.807) is 6.07 Å². The quantitative estimate of drug-likeness (QED) is 0.778. The first-order chi connectivity index (χ1) is 7.33. The fourth-order valence-electron chi connectivity index (χ4n) is 0.976. The second-order valence-electron chi connectivity index (χ2n) is 3.56. The van der Waals surface area contributed by atoms with Crippen molar-refractivity contribution in [2.24, 2.45) is 0 Å². The van der Waals surface area contributed by atoms with Crippen LogP contribution >= 0.6 is 31.9 Å². The molecule has 0 bridgehead atoms. The van der Waals surface area contributed by atoms with Crippen molar-refractivity contribution in [1.82, 2.24) is 0 Å². The normalized spacial score (nSPS) is 14.2. The maximum atomic E-state index is 10.7. The van der Waals surface area contributed by atoms with Gasteiger partial charge in [-0.2, -0.15) is 0 Å². The van der Waals surface area contributed by atoms with Crippen molar-refractivity contribution >= 4 is 43.5 Å². The van der Waals surface area contributed by atoms with Crippen molar-refractivity contribution in [1.29, 1.82) is 0 Å². The third-order valence-electron chi connectivity index (χ3n) is 2.01. The van der Waals surface area contributed by atoms with E-state index < -0.39 is 11.6 Å². The molecule has 1 rings (SSSR count). The van der Waals surface area contributed by atoms with Crippen LogP contribution in [0.2, 0.25) is 0 Å². The van der Waals surface area contributed by atoms with Gasteiger partial charge in [0.1, 0.15) is 0 Å². The van der Waals surface area contributed by atoms with E-state index >= 15 is 0 Å². The molecule has 3 N–H and O–H groups in total. The monoisotopic (exact) mass is 351 g/mol. The van der Waals surface area contributed by atoms with Crippen LogP contribution in [0.15, 0.2) is 27.1 Å². The largest absolute Gasteiger partial charge is 0.479 e. The van der Waals surface area contributed by atoms with Gasteiger partial charge in [0.05, 0.1) is 6.54 Å². The van der Waals surface area contributed by atoms with Gasteiger partial charge in [0.25, 0.3) is 0 Å². The van der Waals surface area contributed by atoms with Gasteiger partial charge in [-0.15, -0.1) is 0 Å². The summed E-state index contributed by atoms with van der Waals surface area (Å²) in [7, 11) is 0. The predicted octanol–water partition coefficient (Wildman–Crippen LogP) is 2.46. The molecule has 0 saturated carbocycles. The van der Waals surface area contributed by atoms with Crippen LogP contribution in [0, 0.1) is 0 Å². The van der Waals surface area contributed by atoms with Crippen LogP contribution in [0.1, 0.15) is 6.92 Å². The maximum absolute atomic E-state index is 10.7. The van der Waals surface area contributed by atoms with Crippen molar-refractivity contribution < 1.29 is 15.0 Å². The smallest absolute Gasteiger partial charge is 0.337 e. The Morgan fingerprint density at radius 1 is 1.50 bits per heavy atom. The fraction of sp³-hybridized carbons (Fsp3) is 0.300. The standard InChI is InChI=1S/C10H11Br2NO3/c1-10(16,9(14)15)5-13-8-4-6(11)2-3-7(8)12/h2-4,13,16H,5H2,1H3,(H,14,15). The van der Waals surface area contributed by atoms with Gasteiger partial charge in [-0.1, -0.05) is 15.9 Å². The molecule has 4 nitrogen and oxygen atoms in total. The van der Waals surface area contributed by atoms with E-state index in [4.69, 9.17) is 5.11 Å². The molecule has 0 saturated heterocycles. The van der Waals surface area contributed by atoms with Gasteiger partial charge >= 0.3 is 5.97 Å². The number of aliphatic hydroxyl groups is 1. The molecular weight excluding hydrogens is 342 g/mol. The Hall–Kier alpha value is -0.590. The third kappa shape index (κ3) is 3.47. The van der Waals surface area contributed by atoms with Crippen LogP contribution < -0.4 is 5.32 Å². The van der Waals surface area contributed by atoms with Crippen molar-refractivity contribution in [3.8, 4) is 0 Å². The minimum atomic E-state index is -1.79. The van der Waals surface area contributed by atoms with Gasteiger partial charge in [-0.05, 0) is 41.1 Å². The highest BCUT2D eigenvalue weighted by Gasteiger charge is 2.29. The highest BCUT2D eigenvalue weighted by atomic mass is 79.9. The van der Waals surface area contributed by atoms with Gasteiger partial charge in [0.2, 0.25) is 0 Å². The van der Waals surface area contributed by atoms with E-state index in [1.807, 2.05) is 12.1 Å². The summed E-state index contributed by atoms with van der Waals surface area (Å²) in [5.74, 6) is -1.26. The van der Waals surface area contributed by atoms with Crippen molar-refractivity contribution in [3.05, 3.63) is 27.1 Å². The van der Waals surface area contributed by atoms with Crippen molar-refractivity contribution in [2.45, 2.75) is 12.5 Å². The number of benzene rings is 1. The van der Waals surface area contributed by atoms with Crippen LogP contribution in [0.25, 0.3) is 0 Å². The molecule has 0 amide bonds. The number of carbonyl (C=O) groups is 1. The lowest BCUT2D eigenvalue weighted by Crippen LogP contribution is -2.41. The molecule has 0 heterocycles. The average molecular weight is 353 g/mol. The van der Waals surface area contributed by atoms with Crippen molar-refractivity contribution in [3.63, 3.8) is 0 Å². The van der Waals surface area contributed by atoms with E-state index in [1.165, 1.54) is 6.92 Å². The number of hydrogen-bond donors (Lipinski definition) is 3.